The molecule has 0 aliphatic heterocycles. The molecule has 6 nitrogen and oxygen atoms in total. The summed E-state index contributed by atoms with van der Waals surface area (Å²) in [6.07, 6.45) is -4.78. The van der Waals surface area contributed by atoms with Crippen molar-refractivity contribution in [2.75, 3.05) is 0 Å². The van der Waals surface area contributed by atoms with Crippen LogP contribution in [0.5, 0.6) is 0 Å². The number of rotatable bonds is 5. The number of carbonyl (C=O) groups is 1. The van der Waals surface area contributed by atoms with Gasteiger partial charge in [-0.25, -0.2) is 0 Å². The average Bonchev–Trinajstić information content (AvgIpc) is 3.12. The van der Waals surface area contributed by atoms with Crippen LogP contribution in [0.1, 0.15) is 11.1 Å². The second-order valence-corrected chi connectivity index (χ2v) is 7.79. The van der Waals surface area contributed by atoms with Crippen molar-refractivity contribution in [3.05, 3.63) is 87.2 Å². The van der Waals surface area contributed by atoms with Gasteiger partial charge in [-0.15, -0.1) is 0 Å². The molecule has 10 heteroatoms. The highest BCUT2D eigenvalue weighted by atomic mass is 35.5. The number of hydrogen-bond donors (Lipinski definition) is 1. The number of amides is 1. The normalized spacial score (nSPS) is 11.7. The predicted molar refractivity (Wildman–Crippen MR) is 119 cm³/mol. The number of halogens is 4. The second kappa shape index (κ2) is 8.74. The number of pyridine rings is 1. The molecule has 1 N–H and O–H groups in total. The lowest BCUT2D eigenvalue weighted by molar-refractivity contribution is -0.136. The number of nitrogens with one attached hydrogen (secondary N) is 1. The largest absolute Gasteiger partial charge is 0.417 e. The first-order valence-electron chi connectivity index (χ1n) is 9.90. The number of aryl methyl sites for hydroxylation is 1. The summed E-state index contributed by atoms with van der Waals surface area (Å²) in [5.74, 6) is -0.555. The van der Waals surface area contributed by atoms with Gasteiger partial charge >= 0.3 is 6.18 Å². The predicted octanol–water partition coefficient (Wildman–Crippen LogP) is 4.39. The Morgan fingerprint density at radius 3 is 2.42 bits per heavy atom. The fourth-order valence-corrected chi connectivity index (χ4v) is 3.86. The van der Waals surface area contributed by atoms with Gasteiger partial charge in [0, 0.05) is 30.2 Å². The third-order valence-electron chi connectivity index (χ3n) is 5.16. The van der Waals surface area contributed by atoms with E-state index in [9.17, 15) is 22.8 Å². The van der Waals surface area contributed by atoms with Gasteiger partial charge in [-0.05, 0) is 11.6 Å². The molecule has 2 aromatic heterocycles. The minimum atomic E-state index is -4.78. The zero-order valence-corrected chi connectivity index (χ0v) is 18.1. The van der Waals surface area contributed by atoms with Gasteiger partial charge in [-0.3, -0.25) is 18.8 Å². The Hall–Kier alpha value is -3.59. The molecule has 0 fully saturated rings. The lowest BCUT2D eigenvalue weighted by atomic mass is 10.0. The van der Waals surface area contributed by atoms with Crippen LogP contribution >= 0.6 is 11.6 Å². The maximum atomic E-state index is 13.9. The van der Waals surface area contributed by atoms with Crippen molar-refractivity contribution in [3.8, 4) is 11.3 Å². The van der Waals surface area contributed by atoms with E-state index in [1.54, 1.807) is 54.6 Å². The standard InChI is InChI=1S/C23H18ClF3N4O2/c1-30-22-20(21(29-30)14-7-3-2-4-8-14)16(23(25,26)27)11-19(33)31(22)13-18(32)28-12-15-9-5-6-10-17(15)24/h2-11H,12-13H2,1H3,(H,28,32). The van der Waals surface area contributed by atoms with Gasteiger partial charge < -0.3 is 5.32 Å². The summed E-state index contributed by atoms with van der Waals surface area (Å²) in [5.41, 5.74) is -0.939. The molecule has 0 spiro atoms. The third-order valence-corrected chi connectivity index (χ3v) is 5.53. The number of hydrogen-bond acceptors (Lipinski definition) is 3. The molecular formula is C23H18ClF3N4O2. The first-order chi connectivity index (χ1) is 15.7. The zero-order chi connectivity index (χ0) is 23.8. The molecule has 0 bridgehead atoms. The van der Waals surface area contributed by atoms with E-state index in [-0.39, 0.29) is 23.3 Å². The number of nitrogens with zero attached hydrogens (tertiary/aromatic N) is 3. The van der Waals surface area contributed by atoms with Crippen LogP contribution in [-0.4, -0.2) is 20.3 Å². The number of benzene rings is 2. The molecule has 0 radical (unpaired) electrons. The Morgan fingerprint density at radius 2 is 1.76 bits per heavy atom. The van der Waals surface area contributed by atoms with Crippen molar-refractivity contribution in [1.29, 1.82) is 0 Å². The maximum absolute atomic E-state index is 13.9. The van der Waals surface area contributed by atoms with E-state index in [0.717, 1.165) is 4.57 Å². The van der Waals surface area contributed by atoms with Crippen molar-refractivity contribution < 1.29 is 18.0 Å². The van der Waals surface area contributed by atoms with Crippen LogP contribution in [0.2, 0.25) is 5.02 Å². The summed E-state index contributed by atoms with van der Waals surface area (Å²) in [6, 6.07) is 15.8. The molecule has 4 aromatic rings. The van der Waals surface area contributed by atoms with Crippen molar-refractivity contribution in [1.82, 2.24) is 19.7 Å². The van der Waals surface area contributed by atoms with Crippen LogP contribution in [0, 0.1) is 0 Å². The number of aromatic nitrogens is 3. The van der Waals surface area contributed by atoms with E-state index in [0.29, 0.717) is 22.2 Å². The highest BCUT2D eigenvalue weighted by Crippen LogP contribution is 2.38. The molecule has 4 rings (SSSR count). The molecule has 2 aromatic carbocycles. The van der Waals surface area contributed by atoms with Gasteiger partial charge in [0.1, 0.15) is 17.9 Å². The first kappa shape index (κ1) is 22.6. The van der Waals surface area contributed by atoms with Gasteiger partial charge in [0.25, 0.3) is 5.56 Å². The highest BCUT2D eigenvalue weighted by molar-refractivity contribution is 6.31. The fraction of sp³-hybridized carbons (Fsp3) is 0.174. The van der Waals surface area contributed by atoms with Crippen molar-refractivity contribution in [2.24, 2.45) is 7.05 Å². The van der Waals surface area contributed by atoms with Gasteiger partial charge in [0.2, 0.25) is 5.91 Å². The Labute approximate surface area is 191 Å². The smallest absolute Gasteiger partial charge is 0.350 e. The summed E-state index contributed by atoms with van der Waals surface area (Å²) < 4.78 is 43.8. The Balaban J connectivity index is 1.79. The summed E-state index contributed by atoms with van der Waals surface area (Å²) in [5, 5.41) is 7.13. The van der Waals surface area contributed by atoms with E-state index in [1.165, 1.54) is 11.7 Å². The van der Waals surface area contributed by atoms with Crippen molar-refractivity contribution in [2.45, 2.75) is 19.3 Å². The number of carbonyl (C=O) groups excluding carboxylic acids is 1. The molecule has 0 aliphatic rings. The molecule has 33 heavy (non-hydrogen) atoms. The monoisotopic (exact) mass is 474 g/mol. The van der Waals surface area contributed by atoms with Crippen LogP contribution in [0.15, 0.2) is 65.5 Å². The van der Waals surface area contributed by atoms with Crippen LogP contribution in [0.4, 0.5) is 13.2 Å². The maximum Gasteiger partial charge on any atom is 0.417 e. The van der Waals surface area contributed by atoms with E-state index < -0.39 is 29.8 Å². The van der Waals surface area contributed by atoms with Gasteiger partial charge in [-0.1, -0.05) is 60.1 Å². The Bertz CT molecular complexity index is 1390. The highest BCUT2D eigenvalue weighted by Gasteiger charge is 2.37. The van der Waals surface area contributed by atoms with Crippen molar-refractivity contribution in [3.63, 3.8) is 0 Å². The van der Waals surface area contributed by atoms with Gasteiger partial charge in [0.15, 0.2) is 0 Å². The van der Waals surface area contributed by atoms with Crippen LogP contribution in [-0.2, 0) is 31.1 Å². The molecular weight excluding hydrogens is 457 g/mol. The summed E-state index contributed by atoms with van der Waals surface area (Å²) >= 11 is 6.09. The lowest BCUT2D eigenvalue weighted by Gasteiger charge is -2.14. The van der Waals surface area contributed by atoms with Crippen molar-refractivity contribution >= 4 is 28.5 Å². The molecule has 0 aliphatic carbocycles. The Kier molecular flexibility index (Phi) is 5.99. The number of fused-ring (bicyclic) bond motifs is 1. The molecule has 170 valence electrons. The SMILES string of the molecule is Cn1nc(-c2ccccc2)c2c(C(F)(F)F)cc(=O)n(CC(=O)NCc3ccccc3Cl)c21. The average molecular weight is 475 g/mol. The molecule has 2 heterocycles. The molecule has 0 saturated carbocycles. The minimum Gasteiger partial charge on any atom is -0.350 e. The Morgan fingerprint density at radius 1 is 1.09 bits per heavy atom. The van der Waals surface area contributed by atoms with Crippen LogP contribution in [0.3, 0.4) is 0 Å². The van der Waals surface area contributed by atoms with E-state index in [4.69, 9.17) is 11.6 Å². The van der Waals surface area contributed by atoms with E-state index in [2.05, 4.69) is 10.4 Å². The quantitative estimate of drug-likeness (QED) is 0.466. The van der Waals surface area contributed by atoms with Crippen LogP contribution < -0.4 is 10.9 Å². The second-order valence-electron chi connectivity index (χ2n) is 7.39. The molecule has 0 saturated heterocycles. The summed E-state index contributed by atoms with van der Waals surface area (Å²) in [7, 11) is 1.44. The molecule has 1 amide bonds. The lowest BCUT2D eigenvalue weighted by Crippen LogP contribution is -2.33. The summed E-state index contributed by atoms with van der Waals surface area (Å²) in [6.45, 7) is -0.372. The summed E-state index contributed by atoms with van der Waals surface area (Å²) in [4.78, 5) is 25.3. The third kappa shape index (κ3) is 4.49. The molecule has 0 atom stereocenters. The van der Waals surface area contributed by atoms with Gasteiger partial charge in [0.05, 0.1) is 10.9 Å². The van der Waals surface area contributed by atoms with Crippen LogP contribution in [0.25, 0.3) is 22.3 Å². The first-order valence-corrected chi connectivity index (χ1v) is 10.3. The zero-order valence-electron chi connectivity index (χ0n) is 17.4. The topological polar surface area (TPSA) is 68.9 Å². The fourth-order valence-electron chi connectivity index (χ4n) is 3.66. The van der Waals surface area contributed by atoms with Gasteiger partial charge in [-0.2, -0.15) is 18.3 Å². The number of alkyl halides is 3. The van der Waals surface area contributed by atoms with E-state index in [1.807, 2.05) is 0 Å². The minimum absolute atomic E-state index is 0.0747. The van der Waals surface area contributed by atoms with E-state index >= 15 is 0 Å². The molecule has 0 unspecified atom stereocenters.